The van der Waals surface area contributed by atoms with E-state index in [-0.39, 0.29) is 35.3 Å². The topological polar surface area (TPSA) is 74.2 Å². The van der Waals surface area contributed by atoms with Gasteiger partial charge in [0.2, 0.25) is 0 Å². The standard InChI is InChI=1S/C32H42O6.C9H12/c1-19-9-8-10-22(11-19)36-29(34)16-35-26-15-24-28(13-21(26)3)38-32(18-31(24,6)7)17-30(4,5)23-14-25(33)20(2)12-27(23)37-32;1-8(2)9-6-4-3-5-7-9/h12-15,19,22,33H,8-11,16-18H2,1-7H3;3-8H,1-2H3. The van der Waals surface area contributed by atoms with Crippen molar-refractivity contribution in [3.8, 4) is 23.0 Å². The number of aryl methyl sites for hydroxylation is 2. The molecule has 0 amide bonds. The van der Waals surface area contributed by atoms with Gasteiger partial charge in [0, 0.05) is 34.8 Å². The lowest BCUT2D eigenvalue weighted by Gasteiger charge is -2.51. The number of hydrogen-bond acceptors (Lipinski definition) is 6. The molecule has 3 unspecified atom stereocenters. The molecule has 2 aliphatic heterocycles. The van der Waals surface area contributed by atoms with Gasteiger partial charge in [-0.05, 0) is 85.9 Å². The Hall–Kier alpha value is -3.67. The molecule has 1 fully saturated rings. The molecule has 3 aromatic carbocycles. The number of fused-ring (bicyclic) bond motifs is 2. The van der Waals surface area contributed by atoms with Gasteiger partial charge in [-0.1, -0.05) is 85.2 Å². The summed E-state index contributed by atoms with van der Waals surface area (Å²) in [5, 5.41) is 10.3. The molecular weight excluding hydrogens is 588 g/mol. The van der Waals surface area contributed by atoms with E-state index < -0.39 is 5.79 Å². The zero-order valence-electron chi connectivity index (χ0n) is 29.9. The van der Waals surface area contributed by atoms with Crippen molar-refractivity contribution < 1.29 is 28.8 Å². The number of carbonyl (C=O) groups excluding carboxylic acids is 1. The normalized spacial score (nSPS) is 23.7. The summed E-state index contributed by atoms with van der Waals surface area (Å²) in [5.74, 6) is 2.61. The van der Waals surface area contributed by atoms with E-state index in [1.54, 1.807) is 0 Å². The smallest absolute Gasteiger partial charge is 0.344 e. The molecule has 254 valence electrons. The first kappa shape index (κ1) is 34.7. The molecular formula is C41H54O6. The van der Waals surface area contributed by atoms with Gasteiger partial charge in [0.25, 0.3) is 5.79 Å². The second kappa shape index (κ2) is 13.4. The van der Waals surface area contributed by atoms with E-state index in [1.807, 2.05) is 44.2 Å². The number of benzene rings is 3. The third-order valence-corrected chi connectivity index (χ3v) is 10.0. The molecule has 0 aromatic heterocycles. The third-order valence-electron chi connectivity index (χ3n) is 10.0. The van der Waals surface area contributed by atoms with E-state index in [4.69, 9.17) is 18.9 Å². The highest BCUT2D eigenvalue weighted by Gasteiger charge is 2.53. The Balaban J connectivity index is 0.000000417. The molecule has 0 radical (unpaired) electrons. The Morgan fingerprint density at radius 3 is 2.06 bits per heavy atom. The van der Waals surface area contributed by atoms with Gasteiger partial charge in [-0.3, -0.25) is 0 Å². The molecule has 1 saturated carbocycles. The van der Waals surface area contributed by atoms with Crippen molar-refractivity contribution >= 4 is 5.97 Å². The summed E-state index contributed by atoms with van der Waals surface area (Å²) in [7, 11) is 0. The van der Waals surface area contributed by atoms with E-state index in [2.05, 4.69) is 72.7 Å². The second-order valence-corrected chi connectivity index (χ2v) is 15.7. The maximum Gasteiger partial charge on any atom is 0.344 e. The summed E-state index contributed by atoms with van der Waals surface area (Å²) < 4.78 is 25.0. The second-order valence-electron chi connectivity index (χ2n) is 15.7. The van der Waals surface area contributed by atoms with Crippen LogP contribution in [0.25, 0.3) is 0 Å². The lowest BCUT2D eigenvalue weighted by molar-refractivity contribution is -0.166. The predicted molar refractivity (Wildman–Crippen MR) is 187 cm³/mol. The van der Waals surface area contributed by atoms with E-state index in [0.29, 0.717) is 30.4 Å². The van der Waals surface area contributed by atoms with Gasteiger partial charge in [0.05, 0.1) is 0 Å². The van der Waals surface area contributed by atoms with E-state index in [0.717, 1.165) is 53.0 Å². The summed E-state index contributed by atoms with van der Waals surface area (Å²) in [5.41, 5.74) is 4.60. The van der Waals surface area contributed by atoms with Gasteiger partial charge in [-0.15, -0.1) is 0 Å². The SMILES string of the molecule is CC(C)c1ccccc1.Cc1cc2c(cc1O)C(C)(C)CC1(CC(C)(C)c3cc(OCC(=O)OC4CCCC(C)C4)c(C)cc3O1)O2. The summed E-state index contributed by atoms with van der Waals surface area (Å²) in [4.78, 5) is 12.5. The molecule has 3 atom stereocenters. The minimum absolute atomic E-state index is 0.000585. The summed E-state index contributed by atoms with van der Waals surface area (Å²) in [6.45, 7) is 19.1. The molecule has 3 aromatic rings. The first-order valence-corrected chi connectivity index (χ1v) is 17.3. The van der Waals surface area contributed by atoms with Gasteiger partial charge in [-0.25, -0.2) is 4.79 Å². The monoisotopic (exact) mass is 642 g/mol. The number of esters is 1. The Morgan fingerprint density at radius 1 is 0.894 bits per heavy atom. The highest BCUT2D eigenvalue weighted by atomic mass is 16.7. The minimum Gasteiger partial charge on any atom is -0.508 e. The van der Waals surface area contributed by atoms with Crippen LogP contribution in [0.3, 0.4) is 0 Å². The molecule has 0 bridgehead atoms. The molecule has 1 spiro atoms. The molecule has 0 saturated heterocycles. The Labute approximate surface area is 281 Å². The van der Waals surface area contributed by atoms with Crippen LogP contribution in [-0.4, -0.2) is 29.6 Å². The van der Waals surface area contributed by atoms with Crippen molar-refractivity contribution in [1.29, 1.82) is 0 Å². The van der Waals surface area contributed by atoms with E-state index in [1.165, 1.54) is 12.0 Å². The Bertz CT molecular complexity index is 1570. The van der Waals surface area contributed by atoms with E-state index in [9.17, 15) is 9.90 Å². The molecule has 1 N–H and O–H groups in total. The number of phenols is 1. The maximum atomic E-state index is 12.5. The van der Waals surface area contributed by atoms with Gasteiger partial charge in [0.15, 0.2) is 6.61 Å². The lowest BCUT2D eigenvalue weighted by atomic mass is 9.69. The van der Waals surface area contributed by atoms with E-state index >= 15 is 0 Å². The number of rotatable bonds is 5. The third kappa shape index (κ3) is 7.90. The van der Waals surface area contributed by atoms with Crippen molar-refractivity contribution in [2.45, 2.75) is 129 Å². The van der Waals surface area contributed by atoms with Crippen LogP contribution in [0, 0.1) is 19.8 Å². The first-order chi connectivity index (χ1) is 22.1. The molecule has 2 heterocycles. The van der Waals surface area contributed by atoms with Gasteiger partial charge in [-0.2, -0.15) is 0 Å². The number of aromatic hydroxyl groups is 1. The number of carbonyl (C=O) groups is 1. The summed E-state index contributed by atoms with van der Waals surface area (Å²) in [6, 6.07) is 18.3. The molecule has 6 nitrogen and oxygen atoms in total. The van der Waals surface area contributed by atoms with Crippen molar-refractivity contribution in [3.05, 3.63) is 82.4 Å². The van der Waals surface area contributed by atoms with Gasteiger partial charge < -0.3 is 24.1 Å². The zero-order valence-corrected chi connectivity index (χ0v) is 29.9. The Morgan fingerprint density at radius 2 is 1.49 bits per heavy atom. The number of phenolic OH excluding ortho intramolecular Hbond substituents is 1. The quantitative estimate of drug-likeness (QED) is 0.279. The average Bonchev–Trinajstić information content (AvgIpc) is 2.97. The van der Waals surface area contributed by atoms with Crippen molar-refractivity contribution in [3.63, 3.8) is 0 Å². The van der Waals surface area contributed by atoms with Crippen LogP contribution in [0.1, 0.15) is 121 Å². The average molecular weight is 643 g/mol. The molecule has 1 aliphatic carbocycles. The van der Waals surface area contributed by atoms with Crippen molar-refractivity contribution in [1.82, 2.24) is 0 Å². The van der Waals surface area contributed by atoms with Crippen LogP contribution in [0.4, 0.5) is 0 Å². The fourth-order valence-electron chi connectivity index (χ4n) is 7.56. The highest BCUT2D eigenvalue weighted by molar-refractivity contribution is 5.71. The predicted octanol–water partition coefficient (Wildman–Crippen LogP) is 9.84. The lowest BCUT2D eigenvalue weighted by Crippen LogP contribution is -2.55. The van der Waals surface area contributed by atoms with Crippen LogP contribution in [-0.2, 0) is 20.4 Å². The Kier molecular flexibility index (Phi) is 9.92. The maximum absolute atomic E-state index is 12.5. The van der Waals surface area contributed by atoms with Crippen LogP contribution < -0.4 is 14.2 Å². The zero-order chi connectivity index (χ0) is 34.1. The molecule has 6 rings (SSSR count). The molecule has 3 aliphatic rings. The summed E-state index contributed by atoms with van der Waals surface area (Å²) in [6.07, 6.45) is 5.49. The van der Waals surface area contributed by atoms with Crippen LogP contribution >= 0.6 is 0 Å². The molecule has 47 heavy (non-hydrogen) atoms. The number of hydrogen-bond donors (Lipinski definition) is 1. The molecule has 6 heteroatoms. The highest BCUT2D eigenvalue weighted by Crippen LogP contribution is 2.55. The van der Waals surface area contributed by atoms with Crippen LogP contribution in [0.2, 0.25) is 0 Å². The first-order valence-electron chi connectivity index (χ1n) is 17.3. The fraction of sp³-hybridized carbons (Fsp3) is 0.537. The van der Waals surface area contributed by atoms with Crippen LogP contribution in [0.5, 0.6) is 23.0 Å². The largest absolute Gasteiger partial charge is 0.508 e. The number of ether oxygens (including phenoxy) is 4. The fourth-order valence-corrected chi connectivity index (χ4v) is 7.56. The van der Waals surface area contributed by atoms with Crippen molar-refractivity contribution in [2.24, 2.45) is 5.92 Å². The van der Waals surface area contributed by atoms with Crippen LogP contribution in [0.15, 0.2) is 54.6 Å². The minimum atomic E-state index is -0.827. The van der Waals surface area contributed by atoms with Gasteiger partial charge in [0.1, 0.15) is 29.1 Å². The van der Waals surface area contributed by atoms with Gasteiger partial charge >= 0.3 is 5.97 Å². The summed E-state index contributed by atoms with van der Waals surface area (Å²) >= 11 is 0. The van der Waals surface area contributed by atoms with Crippen molar-refractivity contribution in [2.75, 3.05) is 6.61 Å².